The Kier molecular flexibility index (Phi) is 6.33. The van der Waals surface area contributed by atoms with Crippen molar-refractivity contribution in [2.24, 2.45) is 11.7 Å². The molecule has 7 nitrogen and oxygen atoms in total. The molecule has 1 aliphatic carbocycles. The average Bonchev–Trinajstić information content (AvgIpc) is 3.32. The number of nitrogens with zero attached hydrogens (tertiary/aromatic N) is 4. The summed E-state index contributed by atoms with van der Waals surface area (Å²) in [5.74, 6) is 0.949. The van der Waals surface area contributed by atoms with E-state index in [0.717, 1.165) is 18.8 Å². The molecule has 6 rings (SSSR count). The van der Waals surface area contributed by atoms with Gasteiger partial charge in [0, 0.05) is 48.4 Å². The first kappa shape index (κ1) is 23.7. The van der Waals surface area contributed by atoms with Crippen molar-refractivity contribution in [1.82, 2.24) is 19.8 Å². The molecule has 190 valence electrons. The lowest BCUT2D eigenvalue weighted by molar-refractivity contribution is 0.0298. The monoisotopic (exact) mass is 511 g/mol. The van der Waals surface area contributed by atoms with Gasteiger partial charge >= 0.3 is 0 Å². The lowest BCUT2D eigenvalue weighted by atomic mass is 9.84. The Labute approximate surface area is 215 Å². The molecule has 1 aromatic heterocycles. The molecule has 2 saturated heterocycles. The van der Waals surface area contributed by atoms with E-state index in [2.05, 4.69) is 14.9 Å². The SMILES string of the molecule is NC1=C(c2ncc(Cl)cn2)CN(C(=O)c2ccc(F)cc2OC2C[C@H]3CC[C@@H](C2)N3CC2CCC2)C1. The molecule has 1 saturated carbocycles. The van der Waals surface area contributed by atoms with Crippen LogP contribution in [0.5, 0.6) is 5.75 Å². The molecule has 2 bridgehead atoms. The van der Waals surface area contributed by atoms with Crippen LogP contribution < -0.4 is 10.5 Å². The van der Waals surface area contributed by atoms with Crippen molar-refractivity contribution in [3.8, 4) is 5.75 Å². The number of aromatic nitrogens is 2. The first-order chi connectivity index (χ1) is 17.4. The van der Waals surface area contributed by atoms with E-state index >= 15 is 0 Å². The number of hydrogen-bond donors (Lipinski definition) is 1. The number of amides is 1. The first-order valence-corrected chi connectivity index (χ1v) is 13.3. The Morgan fingerprint density at radius 3 is 2.50 bits per heavy atom. The van der Waals surface area contributed by atoms with Crippen LogP contribution in [0.2, 0.25) is 5.02 Å². The van der Waals surface area contributed by atoms with E-state index in [-0.39, 0.29) is 25.1 Å². The van der Waals surface area contributed by atoms with Gasteiger partial charge in [0.2, 0.25) is 0 Å². The van der Waals surface area contributed by atoms with Gasteiger partial charge in [0.25, 0.3) is 5.91 Å². The van der Waals surface area contributed by atoms with Gasteiger partial charge in [-0.25, -0.2) is 14.4 Å². The topological polar surface area (TPSA) is 84.6 Å². The lowest BCUT2D eigenvalue weighted by Gasteiger charge is -2.42. The third-order valence-corrected chi connectivity index (χ3v) is 8.47. The molecule has 1 aromatic carbocycles. The van der Waals surface area contributed by atoms with Gasteiger partial charge in [-0.15, -0.1) is 0 Å². The molecule has 9 heteroatoms. The highest BCUT2D eigenvalue weighted by atomic mass is 35.5. The van der Waals surface area contributed by atoms with Crippen molar-refractivity contribution in [1.29, 1.82) is 0 Å². The van der Waals surface area contributed by atoms with Crippen LogP contribution in [-0.4, -0.2) is 63.5 Å². The van der Waals surface area contributed by atoms with Crippen molar-refractivity contribution in [2.45, 2.75) is 63.1 Å². The molecular weight excluding hydrogens is 481 g/mol. The van der Waals surface area contributed by atoms with Gasteiger partial charge in [0.1, 0.15) is 17.7 Å². The number of fused-ring (bicyclic) bond motifs is 2. The highest BCUT2D eigenvalue weighted by molar-refractivity contribution is 6.30. The Balaban J connectivity index is 1.15. The standard InChI is InChI=1S/C27H31ClFN5O2/c28-17-11-31-26(32-12-17)23-14-33(15-24(23)30)27(35)22-7-4-18(29)8-25(22)36-21-9-19-5-6-20(10-21)34(19)13-16-2-1-3-16/h4,7-8,11-12,16,19-21H,1-3,5-6,9-10,13-15,30H2/t19-,20+,21?. The van der Waals surface area contributed by atoms with Gasteiger partial charge in [0.05, 0.1) is 23.7 Å². The van der Waals surface area contributed by atoms with Crippen LogP contribution in [0.15, 0.2) is 36.3 Å². The maximum absolute atomic E-state index is 14.3. The summed E-state index contributed by atoms with van der Waals surface area (Å²) in [5, 5.41) is 0.430. The maximum atomic E-state index is 14.3. The number of nitrogens with two attached hydrogens (primary N) is 1. The summed E-state index contributed by atoms with van der Waals surface area (Å²) in [5.41, 5.74) is 7.82. The average molecular weight is 512 g/mol. The number of carbonyl (C=O) groups is 1. The van der Waals surface area contributed by atoms with E-state index in [1.807, 2.05) is 0 Å². The molecule has 2 N–H and O–H groups in total. The lowest BCUT2D eigenvalue weighted by Crippen LogP contribution is -2.48. The minimum Gasteiger partial charge on any atom is -0.489 e. The third-order valence-electron chi connectivity index (χ3n) is 8.28. The fourth-order valence-corrected chi connectivity index (χ4v) is 6.29. The summed E-state index contributed by atoms with van der Waals surface area (Å²) < 4.78 is 20.6. The number of carbonyl (C=O) groups excluding carboxylic acids is 1. The summed E-state index contributed by atoms with van der Waals surface area (Å²) in [4.78, 5) is 26.3. The highest BCUT2D eigenvalue weighted by Crippen LogP contribution is 2.40. The van der Waals surface area contributed by atoms with Gasteiger partial charge in [0.15, 0.2) is 5.82 Å². The Morgan fingerprint density at radius 2 is 1.83 bits per heavy atom. The minimum atomic E-state index is -0.416. The molecule has 4 heterocycles. The Morgan fingerprint density at radius 1 is 1.11 bits per heavy atom. The smallest absolute Gasteiger partial charge is 0.258 e. The van der Waals surface area contributed by atoms with E-state index < -0.39 is 5.82 Å². The molecule has 3 atom stereocenters. The van der Waals surface area contributed by atoms with Crippen molar-refractivity contribution >= 4 is 23.1 Å². The van der Waals surface area contributed by atoms with Crippen molar-refractivity contribution < 1.29 is 13.9 Å². The fraction of sp³-hybridized carbons (Fsp3) is 0.519. The molecule has 2 aromatic rings. The summed E-state index contributed by atoms with van der Waals surface area (Å²) in [6.07, 6.45) is 11.3. The number of hydrogen-bond acceptors (Lipinski definition) is 6. The second kappa shape index (κ2) is 9.63. The highest BCUT2D eigenvalue weighted by Gasteiger charge is 2.43. The zero-order chi connectivity index (χ0) is 24.8. The summed E-state index contributed by atoms with van der Waals surface area (Å²) in [6, 6.07) is 5.20. The number of piperidine rings is 1. The minimum absolute atomic E-state index is 0.0201. The summed E-state index contributed by atoms with van der Waals surface area (Å²) >= 11 is 5.90. The van der Waals surface area contributed by atoms with Crippen LogP contribution in [0, 0.1) is 11.7 Å². The Bertz CT molecular complexity index is 1170. The van der Waals surface area contributed by atoms with Gasteiger partial charge in [-0.3, -0.25) is 9.69 Å². The zero-order valence-electron chi connectivity index (χ0n) is 20.2. The summed E-state index contributed by atoms with van der Waals surface area (Å²) in [6.45, 7) is 1.72. The molecule has 1 amide bonds. The molecule has 3 fully saturated rings. The quantitative estimate of drug-likeness (QED) is 0.623. The van der Waals surface area contributed by atoms with Crippen LogP contribution in [-0.2, 0) is 0 Å². The van der Waals surface area contributed by atoms with E-state index in [9.17, 15) is 9.18 Å². The molecule has 3 aliphatic heterocycles. The van der Waals surface area contributed by atoms with Crippen LogP contribution in [0.4, 0.5) is 4.39 Å². The summed E-state index contributed by atoms with van der Waals surface area (Å²) in [7, 11) is 0. The second-order valence-corrected chi connectivity index (χ2v) is 11.1. The van der Waals surface area contributed by atoms with E-state index in [1.165, 1.54) is 69.2 Å². The molecular formula is C27H31ClFN5O2. The van der Waals surface area contributed by atoms with E-state index in [4.69, 9.17) is 22.1 Å². The number of benzene rings is 1. The number of rotatable bonds is 6. The largest absolute Gasteiger partial charge is 0.489 e. The van der Waals surface area contributed by atoms with Crippen molar-refractivity contribution in [2.75, 3.05) is 19.6 Å². The molecule has 4 aliphatic rings. The predicted molar refractivity (Wildman–Crippen MR) is 135 cm³/mol. The predicted octanol–water partition coefficient (Wildman–Crippen LogP) is 4.27. The van der Waals surface area contributed by atoms with E-state index in [0.29, 0.717) is 45.5 Å². The first-order valence-electron chi connectivity index (χ1n) is 12.9. The number of halogens is 2. The number of ether oxygens (including phenoxy) is 1. The zero-order valence-corrected chi connectivity index (χ0v) is 21.0. The molecule has 36 heavy (non-hydrogen) atoms. The van der Waals surface area contributed by atoms with Gasteiger partial charge < -0.3 is 15.4 Å². The fourth-order valence-electron chi connectivity index (χ4n) is 6.19. The second-order valence-electron chi connectivity index (χ2n) is 10.6. The van der Waals surface area contributed by atoms with E-state index in [1.54, 1.807) is 4.90 Å². The van der Waals surface area contributed by atoms with Crippen molar-refractivity contribution in [3.05, 3.63) is 58.5 Å². The molecule has 0 radical (unpaired) electrons. The van der Waals surface area contributed by atoms with Crippen LogP contribution in [0.3, 0.4) is 0 Å². The maximum Gasteiger partial charge on any atom is 0.258 e. The normalized spacial score (nSPS) is 26.4. The third kappa shape index (κ3) is 4.57. The van der Waals surface area contributed by atoms with Crippen molar-refractivity contribution in [3.63, 3.8) is 0 Å². The Hall–Kier alpha value is -2.71. The van der Waals surface area contributed by atoms with Gasteiger partial charge in [-0.2, -0.15) is 0 Å². The van der Waals surface area contributed by atoms with Gasteiger partial charge in [-0.05, 0) is 56.6 Å². The van der Waals surface area contributed by atoms with Crippen LogP contribution in [0.1, 0.15) is 61.1 Å². The van der Waals surface area contributed by atoms with Gasteiger partial charge in [-0.1, -0.05) is 18.0 Å². The molecule has 1 unspecified atom stereocenters. The van der Waals surface area contributed by atoms with Crippen LogP contribution >= 0.6 is 11.6 Å². The van der Waals surface area contributed by atoms with Crippen LogP contribution in [0.25, 0.3) is 5.57 Å². The molecule has 0 spiro atoms.